The first kappa shape index (κ1) is 13.0. The molecule has 0 aliphatic heterocycles. The largest absolute Gasteiger partial charge is 0.507 e. The highest BCUT2D eigenvalue weighted by Crippen LogP contribution is 2.36. The maximum atomic E-state index is 9.70. The van der Waals surface area contributed by atoms with E-state index in [0.29, 0.717) is 9.26 Å². The molecule has 2 heterocycles. The molecule has 3 N–H and O–H groups in total. The summed E-state index contributed by atoms with van der Waals surface area (Å²) in [5, 5.41) is 10.6. The van der Waals surface area contributed by atoms with Crippen LogP contribution in [0.25, 0.3) is 22.2 Å². The van der Waals surface area contributed by atoms with E-state index in [-0.39, 0.29) is 5.75 Å². The number of rotatable bonds is 1. The van der Waals surface area contributed by atoms with Gasteiger partial charge in [-0.25, -0.2) is 9.97 Å². The monoisotopic (exact) mass is 378 g/mol. The summed E-state index contributed by atoms with van der Waals surface area (Å²) in [6.45, 7) is 1.92. The summed E-state index contributed by atoms with van der Waals surface area (Å²) in [5.41, 5.74) is 9.80. The van der Waals surface area contributed by atoms with Crippen LogP contribution in [0.2, 0.25) is 0 Å². The third-order valence-electron chi connectivity index (χ3n) is 3.07. The van der Waals surface area contributed by atoms with Gasteiger partial charge in [-0.3, -0.25) is 4.98 Å². The Morgan fingerprint density at radius 1 is 1.20 bits per heavy atom. The van der Waals surface area contributed by atoms with Gasteiger partial charge >= 0.3 is 0 Å². The predicted octanol–water partition coefficient (Wildman–Crippen LogP) is 2.89. The third-order valence-corrected chi connectivity index (χ3v) is 4.21. The van der Waals surface area contributed by atoms with Gasteiger partial charge in [0.1, 0.15) is 12.1 Å². The van der Waals surface area contributed by atoms with Crippen molar-refractivity contribution in [1.29, 1.82) is 0 Å². The van der Waals surface area contributed by atoms with Crippen LogP contribution in [-0.4, -0.2) is 20.1 Å². The van der Waals surface area contributed by atoms with Crippen molar-refractivity contribution in [3.05, 3.63) is 40.0 Å². The summed E-state index contributed by atoms with van der Waals surface area (Å²) in [5.74, 6) is 0.169. The molecule has 0 unspecified atom stereocenters. The van der Waals surface area contributed by atoms with Gasteiger partial charge in [0.15, 0.2) is 0 Å². The number of anilines is 1. The summed E-state index contributed by atoms with van der Waals surface area (Å²) in [6, 6.07) is 5.32. The lowest BCUT2D eigenvalue weighted by Crippen LogP contribution is -1.97. The smallest absolute Gasteiger partial charge is 0.131 e. The van der Waals surface area contributed by atoms with E-state index in [1.807, 2.05) is 35.6 Å². The molecule has 0 atom stereocenters. The lowest BCUT2D eigenvalue weighted by molar-refractivity contribution is 0.472. The molecule has 5 nitrogen and oxygen atoms in total. The van der Waals surface area contributed by atoms with E-state index in [1.54, 1.807) is 18.3 Å². The van der Waals surface area contributed by atoms with E-state index in [9.17, 15) is 5.11 Å². The van der Waals surface area contributed by atoms with Crippen LogP contribution in [0.3, 0.4) is 0 Å². The Bertz CT molecular complexity index is 820. The average Bonchev–Trinajstić information content (AvgIpc) is 2.45. The van der Waals surface area contributed by atoms with Crippen LogP contribution in [-0.2, 0) is 0 Å². The van der Waals surface area contributed by atoms with Crippen molar-refractivity contribution in [1.82, 2.24) is 15.0 Å². The molecule has 0 spiro atoms. The first-order valence-electron chi connectivity index (χ1n) is 5.92. The Hall–Kier alpha value is -1.96. The second-order valence-electron chi connectivity index (χ2n) is 4.43. The first-order chi connectivity index (χ1) is 9.58. The number of benzene rings is 1. The van der Waals surface area contributed by atoms with Crippen LogP contribution in [0.4, 0.5) is 5.69 Å². The van der Waals surface area contributed by atoms with E-state index in [4.69, 9.17) is 5.73 Å². The number of halogens is 1. The normalized spacial score (nSPS) is 10.9. The van der Waals surface area contributed by atoms with Crippen molar-refractivity contribution < 1.29 is 5.11 Å². The lowest BCUT2D eigenvalue weighted by atomic mass is 10.0. The van der Waals surface area contributed by atoms with Crippen molar-refractivity contribution in [3.63, 3.8) is 0 Å². The third kappa shape index (κ3) is 2.05. The molecule has 6 heteroatoms. The van der Waals surface area contributed by atoms with E-state index in [0.717, 1.165) is 27.9 Å². The van der Waals surface area contributed by atoms with Gasteiger partial charge in [0.2, 0.25) is 0 Å². The minimum Gasteiger partial charge on any atom is -0.507 e. The topological polar surface area (TPSA) is 84.9 Å². The first-order valence-corrected chi connectivity index (χ1v) is 7.00. The summed E-state index contributed by atoms with van der Waals surface area (Å²) < 4.78 is 0.623. The molecule has 0 saturated heterocycles. The Balaban J connectivity index is 2.35. The highest BCUT2D eigenvalue weighted by molar-refractivity contribution is 14.1. The van der Waals surface area contributed by atoms with Gasteiger partial charge in [-0.2, -0.15) is 0 Å². The van der Waals surface area contributed by atoms with Gasteiger partial charge in [-0.1, -0.05) is 0 Å². The number of fused-ring (bicyclic) bond motifs is 1. The number of pyridine rings is 1. The molecular weight excluding hydrogens is 367 g/mol. The van der Waals surface area contributed by atoms with Gasteiger partial charge < -0.3 is 10.8 Å². The fourth-order valence-electron chi connectivity index (χ4n) is 2.07. The number of nitrogen functional groups attached to an aromatic ring is 1. The van der Waals surface area contributed by atoms with Crippen LogP contribution in [0, 0.1) is 10.5 Å². The summed E-state index contributed by atoms with van der Waals surface area (Å²) in [4.78, 5) is 12.8. The Morgan fingerprint density at radius 2 is 2.00 bits per heavy atom. The second-order valence-corrected chi connectivity index (χ2v) is 5.50. The molecule has 0 saturated carbocycles. The number of aromatic hydroxyl groups is 1. The number of phenolic OH excluding ortho intramolecular Hbond substituents is 1. The van der Waals surface area contributed by atoms with E-state index < -0.39 is 0 Å². The SMILES string of the molecule is Cc1cc2c(-c3ccc(O)c(I)c3N)ncnc2cn1. The minimum atomic E-state index is 0.169. The van der Waals surface area contributed by atoms with Crippen LogP contribution in [0.15, 0.2) is 30.7 Å². The van der Waals surface area contributed by atoms with Crippen LogP contribution >= 0.6 is 22.6 Å². The van der Waals surface area contributed by atoms with Gasteiger partial charge in [0.05, 0.1) is 26.7 Å². The number of hydrogen-bond acceptors (Lipinski definition) is 5. The molecule has 100 valence electrons. The van der Waals surface area contributed by atoms with Gasteiger partial charge in [0.25, 0.3) is 0 Å². The predicted molar refractivity (Wildman–Crippen MR) is 86.3 cm³/mol. The zero-order chi connectivity index (χ0) is 14.3. The zero-order valence-electron chi connectivity index (χ0n) is 10.6. The number of aryl methyl sites for hydroxylation is 1. The van der Waals surface area contributed by atoms with Crippen molar-refractivity contribution in [3.8, 4) is 17.0 Å². The Kier molecular flexibility index (Phi) is 3.17. The minimum absolute atomic E-state index is 0.169. The molecule has 0 bridgehead atoms. The van der Waals surface area contributed by atoms with Crippen molar-refractivity contribution in [2.24, 2.45) is 0 Å². The molecule has 0 radical (unpaired) electrons. The van der Waals surface area contributed by atoms with Crippen LogP contribution < -0.4 is 5.73 Å². The number of nitrogens with zero attached hydrogens (tertiary/aromatic N) is 3. The molecule has 1 aromatic carbocycles. The highest BCUT2D eigenvalue weighted by Gasteiger charge is 2.13. The quantitative estimate of drug-likeness (QED) is 0.503. The Labute approximate surface area is 129 Å². The molecule has 3 aromatic rings. The van der Waals surface area contributed by atoms with Gasteiger partial charge in [-0.05, 0) is 47.7 Å². The molecule has 20 heavy (non-hydrogen) atoms. The van der Waals surface area contributed by atoms with Crippen molar-refractivity contribution in [2.45, 2.75) is 6.92 Å². The molecule has 2 aromatic heterocycles. The summed E-state index contributed by atoms with van der Waals surface area (Å²) >= 11 is 2.02. The number of aromatic nitrogens is 3. The number of nitrogens with two attached hydrogens (primary N) is 1. The fraction of sp³-hybridized carbons (Fsp3) is 0.0714. The molecule has 0 amide bonds. The fourth-order valence-corrected chi connectivity index (χ4v) is 2.54. The van der Waals surface area contributed by atoms with E-state index in [1.165, 1.54) is 6.33 Å². The molecule has 3 rings (SSSR count). The molecule has 0 aliphatic rings. The highest BCUT2D eigenvalue weighted by atomic mass is 127. The Morgan fingerprint density at radius 3 is 2.80 bits per heavy atom. The van der Waals surface area contributed by atoms with Gasteiger partial charge in [-0.15, -0.1) is 0 Å². The summed E-state index contributed by atoms with van der Waals surface area (Å²) in [7, 11) is 0. The van der Waals surface area contributed by atoms with Crippen LogP contribution in [0.1, 0.15) is 5.69 Å². The number of hydrogen-bond donors (Lipinski definition) is 2. The molecular formula is C14H11IN4O. The zero-order valence-corrected chi connectivity index (χ0v) is 12.8. The number of phenols is 1. The van der Waals surface area contributed by atoms with Gasteiger partial charge in [0, 0.05) is 16.6 Å². The molecule has 0 fully saturated rings. The van der Waals surface area contributed by atoms with E-state index in [2.05, 4.69) is 15.0 Å². The standard InChI is InChI=1S/C14H11IN4O/c1-7-4-9-10(5-17-7)18-6-19-14(9)8-2-3-11(20)12(15)13(8)16/h2-6,20H,16H2,1H3. The lowest BCUT2D eigenvalue weighted by Gasteiger charge is -2.10. The average molecular weight is 378 g/mol. The van der Waals surface area contributed by atoms with Crippen molar-refractivity contribution in [2.75, 3.05) is 5.73 Å². The van der Waals surface area contributed by atoms with E-state index >= 15 is 0 Å². The maximum Gasteiger partial charge on any atom is 0.131 e. The van der Waals surface area contributed by atoms with Crippen LogP contribution in [0.5, 0.6) is 5.75 Å². The summed E-state index contributed by atoms with van der Waals surface area (Å²) in [6.07, 6.45) is 3.21. The molecule has 0 aliphatic carbocycles. The van der Waals surface area contributed by atoms with Crippen molar-refractivity contribution >= 4 is 39.2 Å². The second kappa shape index (κ2) is 4.86. The maximum absolute atomic E-state index is 9.70.